The number of piperidine rings is 1. The molecule has 6 nitrogen and oxygen atoms in total. The number of aliphatic hydroxyl groups is 2. The van der Waals surface area contributed by atoms with Crippen molar-refractivity contribution in [1.29, 1.82) is 0 Å². The number of rotatable bonds is 7. The van der Waals surface area contributed by atoms with Crippen molar-refractivity contribution in [1.82, 2.24) is 4.90 Å². The molecule has 0 spiro atoms. The lowest BCUT2D eigenvalue weighted by molar-refractivity contribution is -0.162. The van der Waals surface area contributed by atoms with E-state index in [9.17, 15) is 10.2 Å². The molecule has 2 aliphatic heterocycles. The molecule has 0 bridgehead atoms. The van der Waals surface area contributed by atoms with Crippen LogP contribution in [0.2, 0.25) is 0 Å². The average Bonchev–Trinajstić information content (AvgIpc) is 3.00. The van der Waals surface area contributed by atoms with Crippen LogP contribution in [0.5, 0.6) is 0 Å². The summed E-state index contributed by atoms with van der Waals surface area (Å²) >= 11 is 0. The zero-order chi connectivity index (χ0) is 18.6. The summed E-state index contributed by atoms with van der Waals surface area (Å²) in [5.41, 5.74) is 1.11. The van der Waals surface area contributed by atoms with E-state index in [4.69, 9.17) is 14.2 Å². The monoisotopic (exact) mass is 365 g/mol. The van der Waals surface area contributed by atoms with Crippen molar-refractivity contribution in [2.75, 3.05) is 26.3 Å². The van der Waals surface area contributed by atoms with Crippen LogP contribution in [0.1, 0.15) is 32.3 Å². The van der Waals surface area contributed by atoms with E-state index in [0.29, 0.717) is 26.2 Å². The molecule has 2 heterocycles. The van der Waals surface area contributed by atoms with Crippen LogP contribution in [0, 0.1) is 0 Å². The number of hydrogen-bond acceptors (Lipinski definition) is 6. The van der Waals surface area contributed by atoms with Crippen molar-refractivity contribution in [2.45, 2.75) is 63.4 Å². The van der Waals surface area contributed by atoms with Crippen LogP contribution >= 0.6 is 0 Å². The number of likely N-dealkylation sites (tertiary alicyclic amines) is 1. The Morgan fingerprint density at radius 3 is 2.73 bits per heavy atom. The van der Waals surface area contributed by atoms with Gasteiger partial charge in [-0.1, -0.05) is 30.3 Å². The molecule has 0 saturated carbocycles. The molecule has 26 heavy (non-hydrogen) atoms. The van der Waals surface area contributed by atoms with Crippen LogP contribution in [0.3, 0.4) is 0 Å². The lowest BCUT2D eigenvalue weighted by atomic mass is 9.99. The van der Waals surface area contributed by atoms with Gasteiger partial charge in [-0.15, -0.1) is 0 Å². The molecule has 2 saturated heterocycles. The number of ether oxygens (including phenoxy) is 3. The Morgan fingerprint density at radius 2 is 2.08 bits per heavy atom. The van der Waals surface area contributed by atoms with Gasteiger partial charge >= 0.3 is 0 Å². The molecule has 6 heteroatoms. The highest BCUT2D eigenvalue weighted by molar-refractivity contribution is 5.13. The fourth-order valence-electron chi connectivity index (χ4n) is 3.69. The summed E-state index contributed by atoms with van der Waals surface area (Å²) < 4.78 is 18.0. The number of hydrogen-bond donors (Lipinski definition) is 2. The number of aliphatic hydroxyl groups excluding tert-OH is 2. The van der Waals surface area contributed by atoms with Crippen LogP contribution in [0.25, 0.3) is 0 Å². The van der Waals surface area contributed by atoms with Crippen LogP contribution in [0.15, 0.2) is 30.3 Å². The van der Waals surface area contributed by atoms with Gasteiger partial charge in [-0.2, -0.15) is 0 Å². The third kappa shape index (κ3) is 5.25. The highest BCUT2D eigenvalue weighted by Crippen LogP contribution is 2.27. The predicted molar refractivity (Wildman–Crippen MR) is 97.6 cm³/mol. The Hall–Kier alpha value is -1.02. The minimum Gasteiger partial charge on any atom is -0.395 e. The molecule has 2 fully saturated rings. The van der Waals surface area contributed by atoms with E-state index in [1.807, 2.05) is 44.2 Å². The Balaban J connectivity index is 1.66. The van der Waals surface area contributed by atoms with E-state index in [1.165, 1.54) is 0 Å². The topological polar surface area (TPSA) is 71.4 Å². The summed E-state index contributed by atoms with van der Waals surface area (Å²) in [4.78, 5) is 2.21. The molecule has 0 amide bonds. The van der Waals surface area contributed by atoms with Gasteiger partial charge in [0.1, 0.15) is 6.10 Å². The molecule has 2 aliphatic rings. The fourth-order valence-corrected chi connectivity index (χ4v) is 3.69. The average molecular weight is 365 g/mol. The first-order valence-electron chi connectivity index (χ1n) is 9.47. The van der Waals surface area contributed by atoms with Crippen molar-refractivity contribution in [3.05, 3.63) is 35.9 Å². The molecular weight excluding hydrogens is 334 g/mol. The second-order valence-corrected chi connectivity index (χ2v) is 7.71. The first-order chi connectivity index (χ1) is 12.5. The van der Waals surface area contributed by atoms with Gasteiger partial charge in [0.25, 0.3) is 0 Å². The van der Waals surface area contributed by atoms with E-state index in [-0.39, 0.29) is 31.0 Å². The maximum absolute atomic E-state index is 9.88. The first kappa shape index (κ1) is 19.7. The third-order valence-corrected chi connectivity index (χ3v) is 5.19. The number of benzene rings is 1. The van der Waals surface area contributed by atoms with E-state index in [1.54, 1.807) is 0 Å². The number of nitrogens with zero attached hydrogens (tertiary/aromatic N) is 1. The molecule has 0 aliphatic carbocycles. The van der Waals surface area contributed by atoms with Crippen molar-refractivity contribution in [2.24, 2.45) is 0 Å². The zero-order valence-corrected chi connectivity index (χ0v) is 15.7. The summed E-state index contributed by atoms with van der Waals surface area (Å²) in [7, 11) is 0. The molecular formula is C20H31NO5. The summed E-state index contributed by atoms with van der Waals surface area (Å²) in [6.07, 6.45) is 0.656. The minimum absolute atomic E-state index is 0.0377. The van der Waals surface area contributed by atoms with E-state index >= 15 is 0 Å². The standard InChI is InChI=1S/C20H31NO5/c1-20(2)25-14-19(26-20)18(24-13-15-6-4-3-5-7-15)11-21-9-8-17(23)10-16(21)12-22/h3-7,16-19,22-23H,8-14H2,1-2H3/t16-,17+,18+,19+/m1/s1. The van der Waals surface area contributed by atoms with Crippen LogP contribution < -0.4 is 0 Å². The van der Waals surface area contributed by atoms with E-state index in [0.717, 1.165) is 18.5 Å². The quantitative estimate of drug-likeness (QED) is 0.764. The Labute approximate surface area is 155 Å². The maximum atomic E-state index is 9.88. The summed E-state index contributed by atoms with van der Waals surface area (Å²) in [5.74, 6) is -0.604. The van der Waals surface area contributed by atoms with Gasteiger partial charge < -0.3 is 24.4 Å². The second-order valence-electron chi connectivity index (χ2n) is 7.71. The lowest BCUT2D eigenvalue weighted by Gasteiger charge is -2.39. The van der Waals surface area contributed by atoms with Gasteiger partial charge in [0.05, 0.1) is 32.0 Å². The van der Waals surface area contributed by atoms with Crippen LogP contribution in [-0.2, 0) is 20.8 Å². The van der Waals surface area contributed by atoms with Gasteiger partial charge in [-0.25, -0.2) is 0 Å². The molecule has 0 radical (unpaired) electrons. The van der Waals surface area contributed by atoms with Crippen LogP contribution in [0.4, 0.5) is 0 Å². The normalized spacial score (nSPS) is 30.4. The largest absolute Gasteiger partial charge is 0.395 e. The maximum Gasteiger partial charge on any atom is 0.163 e. The fraction of sp³-hybridized carbons (Fsp3) is 0.700. The Morgan fingerprint density at radius 1 is 1.31 bits per heavy atom. The van der Waals surface area contributed by atoms with E-state index in [2.05, 4.69) is 4.90 Å². The van der Waals surface area contributed by atoms with Crippen molar-refractivity contribution < 1.29 is 24.4 Å². The summed E-state index contributed by atoms with van der Waals surface area (Å²) in [6.45, 7) is 6.25. The van der Waals surface area contributed by atoms with Crippen molar-refractivity contribution >= 4 is 0 Å². The van der Waals surface area contributed by atoms with Gasteiger partial charge in [-0.3, -0.25) is 4.90 Å². The Bertz CT molecular complexity index is 552. The molecule has 1 aromatic rings. The molecule has 4 atom stereocenters. The van der Waals surface area contributed by atoms with Gasteiger partial charge in [0.15, 0.2) is 5.79 Å². The summed E-state index contributed by atoms with van der Waals surface area (Å²) in [5, 5.41) is 19.6. The molecule has 146 valence electrons. The van der Waals surface area contributed by atoms with Crippen molar-refractivity contribution in [3.8, 4) is 0 Å². The minimum atomic E-state index is -0.604. The van der Waals surface area contributed by atoms with Crippen LogP contribution in [-0.4, -0.2) is 71.6 Å². The molecule has 0 unspecified atom stereocenters. The Kier molecular flexibility index (Phi) is 6.66. The smallest absolute Gasteiger partial charge is 0.163 e. The second kappa shape index (κ2) is 8.78. The van der Waals surface area contributed by atoms with Gasteiger partial charge in [0.2, 0.25) is 0 Å². The van der Waals surface area contributed by atoms with Gasteiger partial charge in [-0.05, 0) is 32.3 Å². The lowest BCUT2D eigenvalue weighted by Crippen LogP contribution is -2.52. The molecule has 2 N–H and O–H groups in total. The predicted octanol–water partition coefficient (Wildman–Crippen LogP) is 1.54. The SMILES string of the molecule is CC1(C)OC[C@@H]([C@H](CN2CC[C@H](O)C[C@@H]2CO)OCc2ccccc2)O1. The highest BCUT2D eigenvalue weighted by Gasteiger charge is 2.40. The van der Waals surface area contributed by atoms with Crippen molar-refractivity contribution in [3.63, 3.8) is 0 Å². The summed E-state index contributed by atoms with van der Waals surface area (Å²) in [6, 6.07) is 10.0. The molecule has 3 rings (SSSR count). The van der Waals surface area contributed by atoms with Gasteiger partial charge in [0, 0.05) is 19.1 Å². The molecule has 0 aromatic heterocycles. The highest BCUT2D eigenvalue weighted by atomic mass is 16.7. The zero-order valence-electron chi connectivity index (χ0n) is 15.7. The first-order valence-corrected chi connectivity index (χ1v) is 9.47. The third-order valence-electron chi connectivity index (χ3n) is 5.19. The molecule has 1 aromatic carbocycles. The van der Waals surface area contributed by atoms with E-state index < -0.39 is 5.79 Å².